The van der Waals surface area contributed by atoms with E-state index in [9.17, 15) is 4.79 Å². The van der Waals surface area contributed by atoms with Gasteiger partial charge < -0.3 is 10.3 Å². The highest BCUT2D eigenvalue weighted by molar-refractivity contribution is 5.96. The number of amides is 1. The topological polar surface area (TPSA) is 48.0 Å². The average molecular weight is 395 g/mol. The van der Waals surface area contributed by atoms with Gasteiger partial charge in [-0.1, -0.05) is 54.5 Å². The number of nitrogens with two attached hydrogens (primary N) is 1. The molecule has 1 aromatic carbocycles. The third kappa shape index (κ3) is 3.76. The Balaban J connectivity index is 2.32. The van der Waals surface area contributed by atoms with Crippen molar-refractivity contribution >= 4 is 5.91 Å². The van der Waals surface area contributed by atoms with Gasteiger partial charge in [-0.25, -0.2) is 0 Å². The molecule has 0 radical (unpaired) electrons. The molecular formula is C26H38N2O. The average Bonchev–Trinajstić information content (AvgIpc) is 2.94. The zero-order valence-corrected chi connectivity index (χ0v) is 19.6. The van der Waals surface area contributed by atoms with Crippen molar-refractivity contribution in [1.82, 2.24) is 4.57 Å². The summed E-state index contributed by atoms with van der Waals surface area (Å²) in [5.74, 6) is 0.141. The van der Waals surface area contributed by atoms with E-state index >= 15 is 0 Å². The molecule has 1 heterocycles. The molecule has 0 unspecified atom stereocenters. The molecule has 0 fully saturated rings. The summed E-state index contributed by atoms with van der Waals surface area (Å²) in [5, 5.41) is 0. The van der Waals surface area contributed by atoms with E-state index in [1.54, 1.807) is 0 Å². The van der Waals surface area contributed by atoms with Crippen molar-refractivity contribution < 1.29 is 4.79 Å². The van der Waals surface area contributed by atoms with Crippen molar-refractivity contribution in [2.45, 2.75) is 92.0 Å². The van der Waals surface area contributed by atoms with Crippen molar-refractivity contribution in [2.75, 3.05) is 0 Å². The minimum Gasteiger partial charge on any atom is -0.366 e. The number of rotatable bonds is 5. The second-order valence-electron chi connectivity index (χ2n) is 10.6. The number of hydrogen-bond acceptors (Lipinski definition) is 1. The fourth-order valence-electron chi connectivity index (χ4n) is 4.91. The molecule has 0 spiro atoms. The summed E-state index contributed by atoms with van der Waals surface area (Å²) in [6.45, 7) is 19.0. The SMILES string of the molecule is CCc1cc2c(cc1-c1cc(C(N)=O)c(C)n1CC(C)C)C(C)(C)CCC2(C)C. The van der Waals surface area contributed by atoms with Gasteiger partial charge in [0.05, 0.1) is 5.56 Å². The lowest BCUT2D eigenvalue weighted by molar-refractivity contribution is 0.0999. The molecule has 0 saturated carbocycles. The molecule has 29 heavy (non-hydrogen) atoms. The van der Waals surface area contributed by atoms with Crippen molar-refractivity contribution in [1.29, 1.82) is 0 Å². The normalized spacial score (nSPS) is 17.4. The zero-order chi connectivity index (χ0) is 21.7. The van der Waals surface area contributed by atoms with Crippen molar-refractivity contribution in [2.24, 2.45) is 11.7 Å². The van der Waals surface area contributed by atoms with Gasteiger partial charge in [0, 0.05) is 23.5 Å². The maximum Gasteiger partial charge on any atom is 0.250 e. The van der Waals surface area contributed by atoms with E-state index in [1.165, 1.54) is 35.1 Å². The van der Waals surface area contributed by atoms with E-state index in [0.717, 1.165) is 24.4 Å². The van der Waals surface area contributed by atoms with Crippen LogP contribution in [0.25, 0.3) is 11.3 Å². The molecule has 1 aliphatic carbocycles. The van der Waals surface area contributed by atoms with Crippen LogP contribution < -0.4 is 5.73 Å². The van der Waals surface area contributed by atoms with Crippen molar-refractivity contribution in [3.05, 3.63) is 46.1 Å². The lowest BCUT2D eigenvalue weighted by Crippen LogP contribution is -2.34. The summed E-state index contributed by atoms with van der Waals surface area (Å²) < 4.78 is 2.30. The molecule has 3 nitrogen and oxygen atoms in total. The van der Waals surface area contributed by atoms with E-state index in [1.807, 2.05) is 13.0 Å². The van der Waals surface area contributed by atoms with E-state index in [4.69, 9.17) is 5.73 Å². The first-order valence-corrected chi connectivity index (χ1v) is 11.1. The lowest BCUT2D eigenvalue weighted by Gasteiger charge is -2.42. The first kappa shape index (κ1) is 21.7. The van der Waals surface area contributed by atoms with Gasteiger partial charge in [0.15, 0.2) is 0 Å². The van der Waals surface area contributed by atoms with Crippen LogP contribution in [0.4, 0.5) is 0 Å². The highest BCUT2D eigenvalue weighted by Gasteiger charge is 2.38. The van der Waals surface area contributed by atoms with E-state index < -0.39 is 0 Å². The molecule has 158 valence electrons. The molecule has 0 aliphatic heterocycles. The Morgan fingerprint density at radius 1 is 1.07 bits per heavy atom. The van der Waals surface area contributed by atoms with Gasteiger partial charge in [-0.3, -0.25) is 4.79 Å². The fraction of sp³-hybridized carbons (Fsp3) is 0.577. The number of primary amides is 1. The van der Waals surface area contributed by atoms with Crippen LogP contribution in [0.2, 0.25) is 0 Å². The summed E-state index contributed by atoms with van der Waals surface area (Å²) >= 11 is 0. The van der Waals surface area contributed by atoms with Crippen LogP contribution >= 0.6 is 0 Å². The summed E-state index contributed by atoms with van der Waals surface area (Å²) in [6, 6.07) is 6.88. The number of nitrogens with zero attached hydrogens (tertiary/aromatic N) is 1. The highest BCUT2D eigenvalue weighted by Crippen LogP contribution is 2.48. The number of benzene rings is 1. The monoisotopic (exact) mass is 394 g/mol. The summed E-state index contributed by atoms with van der Waals surface area (Å²) in [7, 11) is 0. The molecule has 1 amide bonds. The van der Waals surface area contributed by atoms with Gasteiger partial charge >= 0.3 is 0 Å². The van der Waals surface area contributed by atoms with E-state index in [-0.39, 0.29) is 16.7 Å². The molecule has 2 N–H and O–H groups in total. The summed E-state index contributed by atoms with van der Waals surface area (Å²) in [4.78, 5) is 12.1. The standard InChI is InChI=1S/C26H38N2O/c1-9-18-12-21-22(26(7,8)11-10-25(21,5)6)13-20(18)23-14-19(24(27)29)17(4)28(23)15-16(2)3/h12-14,16H,9-11,15H2,1-8H3,(H2,27,29). The summed E-state index contributed by atoms with van der Waals surface area (Å²) in [5.41, 5.74) is 14.4. The predicted octanol–water partition coefficient (Wildman–Crippen LogP) is 6.13. The second kappa shape index (κ2) is 7.34. The molecule has 1 aliphatic rings. The van der Waals surface area contributed by atoms with Crippen LogP contribution in [0, 0.1) is 12.8 Å². The van der Waals surface area contributed by atoms with E-state index in [2.05, 4.69) is 65.2 Å². The van der Waals surface area contributed by atoms with Crippen LogP contribution in [0.15, 0.2) is 18.2 Å². The Bertz CT molecular complexity index is 944. The quantitative estimate of drug-likeness (QED) is 0.651. The molecule has 3 rings (SSSR count). The van der Waals surface area contributed by atoms with E-state index in [0.29, 0.717) is 11.5 Å². The number of fused-ring (bicyclic) bond motifs is 1. The second-order valence-corrected chi connectivity index (χ2v) is 10.6. The molecular weight excluding hydrogens is 356 g/mol. The Morgan fingerprint density at radius 3 is 2.10 bits per heavy atom. The highest BCUT2D eigenvalue weighted by atomic mass is 16.1. The third-order valence-corrected chi connectivity index (χ3v) is 6.91. The Labute approximate surface area is 176 Å². The molecule has 1 aromatic heterocycles. The number of carbonyl (C=O) groups excluding carboxylic acids is 1. The van der Waals surface area contributed by atoms with Gasteiger partial charge in [-0.15, -0.1) is 0 Å². The first-order chi connectivity index (χ1) is 13.4. The third-order valence-electron chi connectivity index (χ3n) is 6.91. The van der Waals surface area contributed by atoms with Crippen LogP contribution in [-0.2, 0) is 23.8 Å². The molecule has 0 atom stereocenters. The summed E-state index contributed by atoms with van der Waals surface area (Å²) in [6.07, 6.45) is 3.37. The number of hydrogen-bond donors (Lipinski definition) is 1. The number of aromatic nitrogens is 1. The van der Waals surface area contributed by atoms with Crippen LogP contribution in [0.5, 0.6) is 0 Å². The molecule has 0 saturated heterocycles. The predicted molar refractivity (Wildman–Crippen MR) is 123 cm³/mol. The van der Waals surface area contributed by atoms with Crippen molar-refractivity contribution in [3.8, 4) is 11.3 Å². The van der Waals surface area contributed by atoms with Crippen LogP contribution in [-0.4, -0.2) is 10.5 Å². The largest absolute Gasteiger partial charge is 0.366 e. The maximum absolute atomic E-state index is 12.1. The fourth-order valence-corrected chi connectivity index (χ4v) is 4.91. The number of aryl methyl sites for hydroxylation is 1. The minimum atomic E-state index is -0.344. The van der Waals surface area contributed by atoms with Gasteiger partial charge in [0.2, 0.25) is 0 Å². The van der Waals surface area contributed by atoms with Gasteiger partial charge in [-0.2, -0.15) is 0 Å². The Morgan fingerprint density at radius 2 is 1.62 bits per heavy atom. The molecule has 2 aromatic rings. The minimum absolute atomic E-state index is 0.156. The maximum atomic E-state index is 12.1. The molecule has 3 heteroatoms. The van der Waals surface area contributed by atoms with Crippen LogP contribution in [0.3, 0.4) is 0 Å². The van der Waals surface area contributed by atoms with Gasteiger partial charge in [-0.05, 0) is 71.8 Å². The zero-order valence-electron chi connectivity index (χ0n) is 19.6. The lowest BCUT2D eigenvalue weighted by atomic mass is 9.62. The smallest absolute Gasteiger partial charge is 0.250 e. The Kier molecular flexibility index (Phi) is 5.49. The number of carbonyl (C=O) groups is 1. The first-order valence-electron chi connectivity index (χ1n) is 11.1. The van der Waals surface area contributed by atoms with Crippen molar-refractivity contribution in [3.63, 3.8) is 0 Å². The Hall–Kier alpha value is -2.03. The van der Waals surface area contributed by atoms with Gasteiger partial charge in [0.25, 0.3) is 5.91 Å². The van der Waals surface area contributed by atoms with Gasteiger partial charge in [0.1, 0.15) is 0 Å². The van der Waals surface area contributed by atoms with Crippen LogP contribution in [0.1, 0.15) is 94.1 Å². The molecule has 0 bridgehead atoms.